The minimum atomic E-state index is 0.797. The van der Waals surface area contributed by atoms with Crippen LogP contribution in [0.25, 0.3) is 0 Å². The molecular formula is C12H15Cl. The van der Waals surface area contributed by atoms with E-state index in [1.54, 1.807) is 11.1 Å². The average Bonchev–Trinajstić information content (AvgIpc) is 2.10. The van der Waals surface area contributed by atoms with Crippen molar-refractivity contribution >= 4 is 11.6 Å². The predicted octanol–water partition coefficient (Wildman–Crippen LogP) is 3.35. The van der Waals surface area contributed by atoms with Gasteiger partial charge in [-0.2, -0.15) is 0 Å². The number of rotatable bonds is 4. The fourth-order valence-electron chi connectivity index (χ4n) is 1.83. The van der Waals surface area contributed by atoms with Gasteiger partial charge in [-0.15, -0.1) is 11.6 Å². The van der Waals surface area contributed by atoms with Gasteiger partial charge in [-0.1, -0.05) is 18.2 Å². The molecule has 0 spiro atoms. The highest BCUT2D eigenvalue weighted by molar-refractivity contribution is 6.17. The topological polar surface area (TPSA) is 0 Å². The Bertz CT molecular complexity index is 291. The summed E-state index contributed by atoms with van der Waals surface area (Å²) in [5.74, 6) is 0.797. The summed E-state index contributed by atoms with van der Waals surface area (Å²) in [4.78, 5) is 0. The molecule has 0 amide bonds. The van der Waals surface area contributed by atoms with Crippen molar-refractivity contribution in [2.45, 2.75) is 32.1 Å². The van der Waals surface area contributed by atoms with Gasteiger partial charge in [-0.05, 0) is 48.8 Å². The maximum atomic E-state index is 5.64. The summed E-state index contributed by atoms with van der Waals surface area (Å²) in [6.07, 6.45) is 6.14. The van der Waals surface area contributed by atoms with Gasteiger partial charge in [0, 0.05) is 5.88 Å². The summed E-state index contributed by atoms with van der Waals surface area (Å²) in [6.45, 7) is 0. The molecule has 1 aromatic carbocycles. The zero-order valence-corrected chi connectivity index (χ0v) is 8.61. The molecule has 0 atom stereocenters. The van der Waals surface area contributed by atoms with E-state index in [9.17, 15) is 0 Å². The maximum Gasteiger partial charge on any atom is 0.0223 e. The Morgan fingerprint density at radius 3 is 2.54 bits per heavy atom. The third-order valence-electron chi connectivity index (χ3n) is 2.78. The Balaban J connectivity index is 1.93. The van der Waals surface area contributed by atoms with Crippen molar-refractivity contribution in [3.05, 3.63) is 34.9 Å². The van der Waals surface area contributed by atoms with Crippen LogP contribution in [0.5, 0.6) is 0 Å². The highest BCUT2D eigenvalue weighted by atomic mass is 35.5. The van der Waals surface area contributed by atoms with Crippen LogP contribution in [0, 0.1) is 0 Å². The van der Waals surface area contributed by atoms with Crippen LogP contribution in [-0.2, 0) is 19.3 Å². The summed E-state index contributed by atoms with van der Waals surface area (Å²) >= 11 is 5.64. The Morgan fingerprint density at radius 2 is 1.92 bits per heavy atom. The first-order valence-corrected chi connectivity index (χ1v) is 5.60. The lowest BCUT2D eigenvalue weighted by atomic mass is 9.86. The van der Waals surface area contributed by atoms with Gasteiger partial charge in [0.1, 0.15) is 0 Å². The fourth-order valence-corrected chi connectivity index (χ4v) is 2.02. The first kappa shape index (κ1) is 9.08. The molecule has 0 fully saturated rings. The van der Waals surface area contributed by atoms with Crippen LogP contribution in [0.3, 0.4) is 0 Å². The summed E-state index contributed by atoms with van der Waals surface area (Å²) in [5.41, 5.74) is 4.62. The molecule has 1 aliphatic rings. The van der Waals surface area contributed by atoms with Gasteiger partial charge in [0.2, 0.25) is 0 Å². The van der Waals surface area contributed by atoms with Crippen LogP contribution >= 0.6 is 11.6 Å². The number of aryl methyl sites for hydroxylation is 3. The second kappa shape index (κ2) is 4.15. The SMILES string of the molecule is ClCCCCc1ccc2c(c1)CC2. The normalized spacial score (nSPS) is 13.6. The van der Waals surface area contributed by atoms with Gasteiger partial charge in [-0.3, -0.25) is 0 Å². The quantitative estimate of drug-likeness (QED) is 0.510. The van der Waals surface area contributed by atoms with Crippen LogP contribution in [0.4, 0.5) is 0 Å². The number of benzene rings is 1. The van der Waals surface area contributed by atoms with Crippen molar-refractivity contribution in [1.29, 1.82) is 0 Å². The van der Waals surface area contributed by atoms with E-state index < -0.39 is 0 Å². The Labute approximate surface area is 84.9 Å². The Morgan fingerprint density at radius 1 is 1.08 bits per heavy atom. The first-order valence-electron chi connectivity index (χ1n) is 5.07. The maximum absolute atomic E-state index is 5.64. The molecule has 2 rings (SSSR count). The average molecular weight is 195 g/mol. The highest BCUT2D eigenvalue weighted by Crippen LogP contribution is 2.24. The molecule has 0 bridgehead atoms. The number of hydrogen-bond donors (Lipinski definition) is 0. The zero-order valence-electron chi connectivity index (χ0n) is 7.85. The van der Waals surface area contributed by atoms with Crippen molar-refractivity contribution in [1.82, 2.24) is 0 Å². The first-order chi connectivity index (χ1) is 6.40. The summed E-state index contributed by atoms with van der Waals surface area (Å²) < 4.78 is 0. The van der Waals surface area contributed by atoms with Crippen molar-refractivity contribution in [2.24, 2.45) is 0 Å². The Kier molecular flexibility index (Phi) is 2.90. The molecule has 0 radical (unpaired) electrons. The molecule has 0 unspecified atom stereocenters. The predicted molar refractivity (Wildman–Crippen MR) is 57.5 cm³/mol. The number of hydrogen-bond acceptors (Lipinski definition) is 0. The molecule has 0 aliphatic heterocycles. The van der Waals surface area contributed by atoms with E-state index in [0.717, 1.165) is 12.3 Å². The van der Waals surface area contributed by atoms with Crippen LogP contribution in [0.15, 0.2) is 18.2 Å². The molecule has 0 nitrogen and oxygen atoms in total. The van der Waals surface area contributed by atoms with E-state index in [1.807, 2.05) is 0 Å². The molecule has 70 valence electrons. The molecule has 0 saturated heterocycles. The molecule has 1 aliphatic carbocycles. The van der Waals surface area contributed by atoms with Gasteiger partial charge in [0.25, 0.3) is 0 Å². The molecule has 0 N–H and O–H groups in total. The molecule has 0 aromatic heterocycles. The summed E-state index contributed by atoms with van der Waals surface area (Å²) in [7, 11) is 0. The number of unbranched alkanes of at least 4 members (excludes halogenated alkanes) is 1. The molecule has 0 heterocycles. The van der Waals surface area contributed by atoms with Crippen molar-refractivity contribution in [2.75, 3.05) is 5.88 Å². The standard InChI is InChI=1S/C12H15Cl/c13-8-2-1-3-10-4-5-11-6-7-12(11)9-10/h4-5,9H,1-3,6-8H2. The second-order valence-electron chi connectivity index (χ2n) is 3.75. The molecular weight excluding hydrogens is 180 g/mol. The van der Waals surface area contributed by atoms with Gasteiger partial charge in [0.15, 0.2) is 0 Å². The number of halogens is 1. The third-order valence-corrected chi connectivity index (χ3v) is 3.05. The van der Waals surface area contributed by atoms with Crippen LogP contribution in [0.2, 0.25) is 0 Å². The van der Waals surface area contributed by atoms with Crippen molar-refractivity contribution in [3.63, 3.8) is 0 Å². The zero-order chi connectivity index (χ0) is 9.10. The van der Waals surface area contributed by atoms with Crippen molar-refractivity contribution < 1.29 is 0 Å². The van der Waals surface area contributed by atoms with E-state index in [4.69, 9.17) is 11.6 Å². The monoisotopic (exact) mass is 194 g/mol. The van der Waals surface area contributed by atoms with E-state index in [1.165, 1.54) is 31.2 Å². The van der Waals surface area contributed by atoms with E-state index in [2.05, 4.69) is 18.2 Å². The smallest absolute Gasteiger partial charge is 0.0223 e. The van der Waals surface area contributed by atoms with Crippen molar-refractivity contribution in [3.8, 4) is 0 Å². The van der Waals surface area contributed by atoms with E-state index in [-0.39, 0.29) is 0 Å². The lowest BCUT2D eigenvalue weighted by Gasteiger charge is -2.19. The summed E-state index contributed by atoms with van der Waals surface area (Å²) in [5, 5.41) is 0. The molecule has 1 aromatic rings. The largest absolute Gasteiger partial charge is 0.127 e. The van der Waals surface area contributed by atoms with Gasteiger partial charge >= 0.3 is 0 Å². The Hall–Kier alpha value is -0.490. The van der Waals surface area contributed by atoms with Gasteiger partial charge in [0.05, 0.1) is 0 Å². The number of fused-ring (bicyclic) bond motifs is 1. The van der Waals surface area contributed by atoms with E-state index in [0.29, 0.717) is 0 Å². The number of alkyl halides is 1. The van der Waals surface area contributed by atoms with Gasteiger partial charge in [-0.25, -0.2) is 0 Å². The molecule has 1 heteroatoms. The lowest BCUT2D eigenvalue weighted by molar-refractivity contribution is 0.785. The lowest BCUT2D eigenvalue weighted by Crippen LogP contribution is -2.08. The van der Waals surface area contributed by atoms with E-state index >= 15 is 0 Å². The van der Waals surface area contributed by atoms with Crippen LogP contribution in [0.1, 0.15) is 29.5 Å². The van der Waals surface area contributed by atoms with Gasteiger partial charge < -0.3 is 0 Å². The summed E-state index contributed by atoms with van der Waals surface area (Å²) in [6, 6.07) is 6.92. The minimum Gasteiger partial charge on any atom is -0.127 e. The molecule has 13 heavy (non-hydrogen) atoms. The second-order valence-corrected chi connectivity index (χ2v) is 4.13. The third kappa shape index (κ3) is 2.05. The van der Waals surface area contributed by atoms with Crippen LogP contribution < -0.4 is 0 Å². The highest BCUT2D eigenvalue weighted by Gasteiger charge is 2.12. The molecule has 0 saturated carbocycles. The fraction of sp³-hybridized carbons (Fsp3) is 0.500. The minimum absolute atomic E-state index is 0.797. The van der Waals surface area contributed by atoms with Crippen LogP contribution in [-0.4, -0.2) is 5.88 Å².